The molecule has 17 heavy (non-hydrogen) atoms. The maximum Gasteiger partial charge on any atom is 0.254 e. The number of phenols is 1. The van der Waals surface area contributed by atoms with Gasteiger partial charge in [0.05, 0.1) is 7.11 Å². The molecule has 5 heteroatoms. The molecule has 0 atom stereocenters. The molecule has 1 aromatic rings. The Morgan fingerprint density at radius 3 is 2.71 bits per heavy atom. The number of aromatic hydroxyl groups is 1. The SMILES string of the molecule is COc1ccc(C(=O)N2CCSCC2)cc1O. The summed E-state index contributed by atoms with van der Waals surface area (Å²) in [5.41, 5.74) is 0.509. The summed E-state index contributed by atoms with van der Waals surface area (Å²) in [6, 6.07) is 4.76. The highest BCUT2D eigenvalue weighted by molar-refractivity contribution is 7.99. The molecule has 1 N–H and O–H groups in total. The van der Waals surface area contributed by atoms with Crippen LogP contribution in [0.2, 0.25) is 0 Å². The van der Waals surface area contributed by atoms with Gasteiger partial charge in [-0.15, -0.1) is 0 Å². The van der Waals surface area contributed by atoms with Crippen LogP contribution >= 0.6 is 11.8 Å². The van der Waals surface area contributed by atoms with Crippen LogP contribution in [0, 0.1) is 0 Å². The third-order valence-corrected chi connectivity index (χ3v) is 3.67. The minimum atomic E-state index is -0.0248. The molecule has 1 fully saturated rings. The first kappa shape index (κ1) is 12.1. The van der Waals surface area contributed by atoms with Crippen LogP contribution in [0.5, 0.6) is 11.5 Å². The zero-order valence-electron chi connectivity index (χ0n) is 9.68. The Balaban J connectivity index is 2.16. The van der Waals surface area contributed by atoms with Gasteiger partial charge in [0.25, 0.3) is 5.91 Å². The van der Waals surface area contributed by atoms with E-state index < -0.39 is 0 Å². The summed E-state index contributed by atoms with van der Waals surface area (Å²) in [6.07, 6.45) is 0. The Hall–Kier alpha value is -1.36. The van der Waals surface area contributed by atoms with Crippen LogP contribution in [0.3, 0.4) is 0 Å². The number of amides is 1. The third-order valence-electron chi connectivity index (χ3n) is 2.72. The molecule has 1 aromatic carbocycles. The van der Waals surface area contributed by atoms with E-state index in [1.807, 2.05) is 16.7 Å². The Morgan fingerprint density at radius 1 is 1.41 bits per heavy atom. The lowest BCUT2D eigenvalue weighted by molar-refractivity contribution is 0.0772. The third kappa shape index (κ3) is 2.66. The van der Waals surface area contributed by atoms with Crippen LogP contribution in [0.15, 0.2) is 18.2 Å². The highest BCUT2D eigenvalue weighted by Crippen LogP contribution is 2.27. The molecule has 0 bridgehead atoms. The number of hydrogen-bond acceptors (Lipinski definition) is 4. The van der Waals surface area contributed by atoms with Crippen LogP contribution in [0.1, 0.15) is 10.4 Å². The number of hydrogen-bond donors (Lipinski definition) is 1. The van der Waals surface area contributed by atoms with Crippen LogP contribution in [0.25, 0.3) is 0 Å². The summed E-state index contributed by atoms with van der Waals surface area (Å²) >= 11 is 1.86. The van der Waals surface area contributed by atoms with Crippen molar-refractivity contribution in [1.29, 1.82) is 0 Å². The predicted octanol–water partition coefficient (Wildman–Crippen LogP) is 1.59. The van der Waals surface area contributed by atoms with Gasteiger partial charge in [-0.1, -0.05) is 0 Å². The smallest absolute Gasteiger partial charge is 0.254 e. The lowest BCUT2D eigenvalue weighted by Gasteiger charge is -2.26. The Morgan fingerprint density at radius 2 is 2.12 bits per heavy atom. The molecule has 4 nitrogen and oxygen atoms in total. The lowest BCUT2D eigenvalue weighted by atomic mass is 10.1. The maximum absolute atomic E-state index is 12.1. The first-order valence-corrected chi connectivity index (χ1v) is 6.62. The molecule has 0 aliphatic carbocycles. The highest BCUT2D eigenvalue weighted by Gasteiger charge is 2.19. The van der Waals surface area contributed by atoms with Gasteiger partial charge in [0.1, 0.15) is 0 Å². The van der Waals surface area contributed by atoms with Gasteiger partial charge in [0.2, 0.25) is 0 Å². The van der Waals surface area contributed by atoms with Crippen molar-refractivity contribution in [3.8, 4) is 11.5 Å². The second-order valence-electron chi connectivity index (χ2n) is 3.79. The van der Waals surface area contributed by atoms with Gasteiger partial charge in [-0.05, 0) is 18.2 Å². The van der Waals surface area contributed by atoms with Crippen molar-refractivity contribution < 1.29 is 14.6 Å². The number of carbonyl (C=O) groups is 1. The van der Waals surface area contributed by atoms with Crippen molar-refractivity contribution in [3.63, 3.8) is 0 Å². The standard InChI is InChI=1S/C12H15NO3S/c1-16-11-3-2-9(8-10(11)14)12(15)13-4-6-17-7-5-13/h2-3,8,14H,4-7H2,1H3. The van der Waals surface area contributed by atoms with E-state index in [9.17, 15) is 9.90 Å². The summed E-state index contributed by atoms with van der Waals surface area (Å²) in [6.45, 7) is 1.55. The zero-order chi connectivity index (χ0) is 12.3. The predicted molar refractivity (Wildman–Crippen MR) is 67.9 cm³/mol. The molecule has 0 spiro atoms. The Kier molecular flexibility index (Phi) is 3.78. The van der Waals surface area contributed by atoms with Crippen LogP contribution < -0.4 is 4.74 Å². The fourth-order valence-electron chi connectivity index (χ4n) is 1.77. The van der Waals surface area contributed by atoms with Crippen LogP contribution in [0.4, 0.5) is 0 Å². The van der Waals surface area contributed by atoms with E-state index >= 15 is 0 Å². The number of rotatable bonds is 2. The summed E-state index contributed by atoms with van der Waals surface area (Å²) in [4.78, 5) is 13.9. The van der Waals surface area contributed by atoms with Crippen molar-refractivity contribution >= 4 is 17.7 Å². The van der Waals surface area contributed by atoms with Gasteiger partial charge in [-0.2, -0.15) is 11.8 Å². The first-order chi connectivity index (χ1) is 8.22. The molecule has 0 saturated carbocycles. The molecule has 1 aliphatic rings. The molecule has 1 saturated heterocycles. The Labute approximate surface area is 105 Å². The van der Waals surface area contributed by atoms with E-state index in [0.717, 1.165) is 24.6 Å². The van der Waals surface area contributed by atoms with Gasteiger partial charge in [-0.3, -0.25) is 4.79 Å². The van der Waals surface area contributed by atoms with Gasteiger partial charge < -0.3 is 14.7 Å². The summed E-state index contributed by atoms with van der Waals surface area (Å²) in [5.74, 6) is 2.32. The quantitative estimate of drug-likeness (QED) is 0.869. The van der Waals surface area contributed by atoms with Crippen LogP contribution in [-0.4, -0.2) is 47.6 Å². The van der Waals surface area contributed by atoms with Crippen molar-refractivity contribution in [1.82, 2.24) is 4.90 Å². The number of benzene rings is 1. The van der Waals surface area contributed by atoms with E-state index in [1.54, 1.807) is 12.1 Å². The molecule has 1 amide bonds. The summed E-state index contributed by atoms with van der Waals surface area (Å²) in [5, 5.41) is 9.64. The molecular weight excluding hydrogens is 238 g/mol. The monoisotopic (exact) mass is 253 g/mol. The van der Waals surface area contributed by atoms with E-state index in [2.05, 4.69) is 0 Å². The normalized spacial score (nSPS) is 15.7. The minimum Gasteiger partial charge on any atom is -0.504 e. The van der Waals surface area contributed by atoms with Gasteiger partial charge in [-0.25, -0.2) is 0 Å². The number of methoxy groups -OCH3 is 1. The van der Waals surface area contributed by atoms with Gasteiger partial charge >= 0.3 is 0 Å². The number of ether oxygens (including phenoxy) is 1. The molecule has 2 rings (SSSR count). The molecule has 0 aromatic heterocycles. The van der Waals surface area contributed by atoms with Crippen molar-refractivity contribution in [2.75, 3.05) is 31.7 Å². The second kappa shape index (κ2) is 5.31. The molecule has 0 radical (unpaired) electrons. The van der Waals surface area contributed by atoms with Gasteiger partial charge in [0, 0.05) is 30.2 Å². The lowest BCUT2D eigenvalue weighted by Crippen LogP contribution is -2.37. The van der Waals surface area contributed by atoms with E-state index in [-0.39, 0.29) is 11.7 Å². The van der Waals surface area contributed by atoms with E-state index in [4.69, 9.17) is 4.74 Å². The molecule has 1 heterocycles. The van der Waals surface area contributed by atoms with Gasteiger partial charge in [0.15, 0.2) is 11.5 Å². The fourth-order valence-corrected chi connectivity index (χ4v) is 2.68. The highest BCUT2D eigenvalue weighted by atomic mass is 32.2. The van der Waals surface area contributed by atoms with Crippen LogP contribution in [-0.2, 0) is 0 Å². The first-order valence-electron chi connectivity index (χ1n) is 5.46. The average Bonchev–Trinajstić information content (AvgIpc) is 2.39. The average molecular weight is 253 g/mol. The topological polar surface area (TPSA) is 49.8 Å². The number of carbonyl (C=O) groups excluding carboxylic acids is 1. The number of nitrogens with zero attached hydrogens (tertiary/aromatic N) is 1. The maximum atomic E-state index is 12.1. The number of phenolic OH excluding ortho intramolecular Hbond substituents is 1. The van der Waals surface area contributed by atoms with Crippen molar-refractivity contribution in [2.24, 2.45) is 0 Å². The molecular formula is C12H15NO3S. The van der Waals surface area contributed by atoms with E-state index in [1.165, 1.54) is 13.2 Å². The summed E-state index contributed by atoms with van der Waals surface area (Å²) in [7, 11) is 1.48. The number of thioether (sulfide) groups is 1. The second-order valence-corrected chi connectivity index (χ2v) is 5.02. The molecule has 1 aliphatic heterocycles. The molecule has 0 unspecified atom stereocenters. The largest absolute Gasteiger partial charge is 0.504 e. The zero-order valence-corrected chi connectivity index (χ0v) is 10.5. The molecule has 92 valence electrons. The van der Waals surface area contributed by atoms with E-state index in [0.29, 0.717) is 11.3 Å². The summed E-state index contributed by atoms with van der Waals surface area (Å²) < 4.78 is 4.95. The Bertz CT molecular complexity index is 416. The van der Waals surface area contributed by atoms with Crippen molar-refractivity contribution in [3.05, 3.63) is 23.8 Å². The fraction of sp³-hybridized carbons (Fsp3) is 0.417. The minimum absolute atomic E-state index is 0.00438. The van der Waals surface area contributed by atoms with Crippen molar-refractivity contribution in [2.45, 2.75) is 0 Å².